The standard InChI is InChI=1S/C16H23NO2/c1-13(2)12-16(19)8-10-17(11-9-16)15(18)14-6-4-3-5-7-14/h3-7,13,19H,8-12H2,1-2H3. The van der Waals surface area contributed by atoms with Gasteiger partial charge in [-0.25, -0.2) is 0 Å². The number of aliphatic hydroxyl groups is 1. The topological polar surface area (TPSA) is 40.5 Å². The van der Waals surface area contributed by atoms with Gasteiger partial charge in [0.1, 0.15) is 0 Å². The molecule has 1 N–H and O–H groups in total. The molecule has 0 aromatic heterocycles. The molecule has 1 aromatic rings. The van der Waals surface area contributed by atoms with Crippen molar-refractivity contribution in [2.24, 2.45) is 5.92 Å². The van der Waals surface area contributed by atoms with Gasteiger partial charge in [0.15, 0.2) is 0 Å². The van der Waals surface area contributed by atoms with Gasteiger partial charge >= 0.3 is 0 Å². The predicted molar refractivity (Wildman–Crippen MR) is 76.0 cm³/mol. The van der Waals surface area contributed by atoms with E-state index in [-0.39, 0.29) is 5.91 Å². The van der Waals surface area contributed by atoms with Gasteiger partial charge in [0, 0.05) is 18.7 Å². The van der Waals surface area contributed by atoms with Crippen molar-refractivity contribution in [2.45, 2.75) is 38.7 Å². The second-order valence-electron chi connectivity index (χ2n) is 5.98. The molecule has 1 aliphatic heterocycles. The first kappa shape index (κ1) is 14.1. The number of likely N-dealkylation sites (tertiary alicyclic amines) is 1. The fourth-order valence-electron chi connectivity index (χ4n) is 2.85. The van der Waals surface area contributed by atoms with Gasteiger partial charge in [0.2, 0.25) is 0 Å². The van der Waals surface area contributed by atoms with Crippen molar-refractivity contribution in [1.29, 1.82) is 0 Å². The highest BCUT2D eigenvalue weighted by Gasteiger charge is 2.34. The molecule has 0 aliphatic carbocycles. The number of nitrogens with zero attached hydrogens (tertiary/aromatic N) is 1. The normalized spacial score (nSPS) is 18.6. The van der Waals surface area contributed by atoms with E-state index in [1.54, 1.807) is 0 Å². The number of benzene rings is 1. The van der Waals surface area contributed by atoms with Gasteiger partial charge in [0.05, 0.1) is 5.60 Å². The van der Waals surface area contributed by atoms with Crippen LogP contribution in [0.4, 0.5) is 0 Å². The predicted octanol–water partition coefficient (Wildman–Crippen LogP) is 2.70. The second-order valence-corrected chi connectivity index (χ2v) is 5.98. The minimum atomic E-state index is -0.582. The zero-order valence-electron chi connectivity index (χ0n) is 11.8. The van der Waals surface area contributed by atoms with E-state index in [2.05, 4.69) is 13.8 Å². The molecule has 0 unspecified atom stereocenters. The fraction of sp³-hybridized carbons (Fsp3) is 0.562. The number of piperidine rings is 1. The van der Waals surface area contributed by atoms with Crippen LogP contribution in [0.15, 0.2) is 30.3 Å². The first-order valence-electron chi connectivity index (χ1n) is 7.07. The molecule has 3 heteroatoms. The van der Waals surface area contributed by atoms with E-state index >= 15 is 0 Å². The third-order valence-corrected chi connectivity index (χ3v) is 3.79. The van der Waals surface area contributed by atoms with Gasteiger partial charge in [-0.3, -0.25) is 4.79 Å². The van der Waals surface area contributed by atoms with Gasteiger partial charge in [-0.1, -0.05) is 32.0 Å². The third kappa shape index (κ3) is 3.57. The summed E-state index contributed by atoms with van der Waals surface area (Å²) in [5.74, 6) is 0.563. The van der Waals surface area contributed by atoms with E-state index in [0.29, 0.717) is 31.8 Å². The van der Waals surface area contributed by atoms with Crippen molar-refractivity contribution in [3.8, 4) is 0 Å². The first-order valence-corrected chi connectivity index (χ1v) is 7.07. The van der Waals surface area contributed by atoms with Crippen LogP contribution in [0.25, 0.3) is 0 Å². The maximum Gasteiger partial charge on any atom is 0.253 e. The molecule has 0 radical (unpaired) electrons. The SMILES string of the molecule is CC(C)CC1(O)CCN(C(=O)c2ccccc2)CC1. The molecule has 0 spiro atoms. The fourth-order valence-corrected chi connectivity index (χ4v) is 2.85. The lowest BCUT2D eigenvalue weighted by atomic mass is 9.84. The Labute approximate surface area is 115 Å². The summed E-state index contributed by atoms with van der Waals surface area (Å²) < 4.78 is 0. The average molecular weight is 261 g/mol. The van der Waals surface area contributed by atoms with E-state index in [1.807, 2.05) is 35.2 Å². The maximum absolute atomic E-state index is 12.3. The van der Waals surface area contributed by atoms with Crippen molar-refractivity contribution in [2.75, 3.05) is 13.1 Å². The molecule has 19 heavy (non-hydrogen) atoms. The first-order chi connectivity index (χ1) is 9.00. The highest BCUT2D eigenvalue weighted by molar-refractivity contribution is 5.94. The Morgan fingerprint density at radius 3 is 2.37 bits per heavy atom. The van der Waals surface area contributed by atoms with Crippen molar-refractivity contribution < 1.29 is 9.90 Å². The van der Waals surface area contributed by atoms with Crippen LogP contribution in [-0.4, -0.2) is 34.6 Å². The van der Waals surface area contributed by atoms with Gasteiger partial charge in [-0.15, -0.1) is 0 Å². The minimum absolute atomic E-state index is 0.0761. The number of amides is 1. The highest BCUT2D eigenvalue weighted by Crippen LogP contribution is 2.29. The monoisotopic (exact) mass is 261 g/mol. The number of carbonyl (C=O) groups is 1. The van der Waals surface area contributed by atoms with Gasteiger partial charge in [0.25, 0.3) is 5.91 Å². The molecule has 104 valence electrons. The van der Waals surface area contributed by atoms with Crippen LogP contribution in [0.3, 0.4) is 0 Å². The van der Waals surface area contributed by atoms with E-state index < -0.39 is 5.60 Å². The van der Waals surface area contributed by atoms with E-state index in [9.17, 15) is 9.90 Å². The maximum atomic E-state index is 12.3. The van der Waals surface area contributed by atoms with Crippen LogP contribution in [0.2, 0.25) is 0 Å². The van der Waals surface area contributed by atoms with E-state index in [4.69, 9.17) is 0 Å². The van der Waals surface area contributed by atoms with Crippen LogP contribution >= 0.6 is 0 Å². The second kappa shape index (κ2) is 5.74. The van der Waals surface area contributed by atoms with Gasteiger partial charge in [-0.05, 0) is 37.3 Å². The smallest absolute Gasteiger partial charge is 0.253 e. The van der Waals surface area contributed by atoms with Crippen LogP contribution in [0, 0.1) is 5.92 Å². The quantitative estimate of drug-likeness (QED) is 0.908. The van der Waals surface area contributed by atoms with Crippen LogP contribution in [-0.2, 0) is 0 Å². The number of rotatable bonds is 3. The third-order valence-electron chi connectivity index (χ3n) is 3.79. The molecular formula is C16H23NO2. The molecule has 0 bridgehead atoms. The van der Waals surface area contributed by atoms with Crippen molar-refractivity contribution in [3.05, 3.63) is 35.9 Å². The largest absolute Gasteiger partial charge is 0.390 e. The lowest BCUT2D eigenvalue weighted by Gasteiger charge is -2.39. The van der Waals surface area contributed by atoms with E-state index in [1.165, 1.54) is 0 Å². The molecule has 1 heterocycles. The molecule has 2 rings (SSSR count). The molecular weight excluding hydrogens is 238 g/mol. The number of hydrogen-bond acceptors (Lipinski definition) is 2. The average Bonchev–Trinajstić information content (AvgIpc) is 2.38. The molecule has 1 fully saturated rings. The Kier molecular flexibility index (Phi) is 4.25. The lowest BCUT2D eigenvalue weighted by Crippen LogP contribution is -2.47. The molecule has 1 amide bonds. The molecule has 1 saturated heterocycles. The van der Waals surface area contributed by atoms with Crippen LogP contribution in [0.5, 0.6) is 0 Å². The summed E-state index contributed by atoms with van der Waals surface area (Å²) in [7, 11) is 0. The Morgan fingerprint density at radius 1 is 1.26 bits per heavy atom. The molecule has 0 saturated carbocycles. The summed E-state index contributed by atoms with van der Waals surface area (Å²) in [6.45, 7) is 5.55. The Bertz CT molecular complexity index is 420. The van der Waals surface area contributed by atoms with Gasteiger partial charge in [-0.2, -0.15) is 0 Å². The Balaban J connectivity index is 1.95. The summed E-state index contributed by atoms with van der Waals surface area (Å²) in [6, 6.07) is 9.36. The van der Waals surface area contributed by atoms with Gasteiger partial charge < -0.3 is 10.0 Å². The van der Waals surface area contributed by atoms with Crippen molar-refractivity contribution in [3.63, 3.8) is 0 Å². The van der Waals surface area contributed by atoms with Crippen molar-refractivity contribution in [1.82, 2.24) is 4.90 Å². The molecule has 0 atom stereocenters. The summed E-state index contributed by atoms with van der Waals surface area (Å²) in [5.41, 5.74) is 0.151. The number of carbonyl (C=O) groups excluding carboxylic acids is 1. The number of hydrogen-bond donors (Lipinski definition) is 1. The summed E-state index contributed by atoms with van der Waals surface area (Å²) in [4.78, 5) is 14.1. The molecule has 1 aromatic carbocycles. The molecule has 3 nitrogen and oxygen atoms in total. The zero-order valence-corrected chi connectivity index (χ0v) is 11.8. The zero-order chi connectivity index (χ0) is 13.9. The summed E-state index contributed by atoms with van der Waals surface area (Å²) >= 11 is 0. The Hall–Kier alpha value is -1.35. The van der Waals surface area contributed by atoms with E-state index in [0.717, 1.165) is 12.0 Å². The van der Waals surface area contributed by atoms with Crippen LogP contribution in [0.1, 0.15) is 43.5 Å². The summed E-state index contributed by atoms with van der Waals surface area (Å²) in [6.07, 6.45) is 2.19. The molecule has 1 aliphatic rings. The summed E-state index contributed by atoms with van der Waals surface area (Å²) in [5, 5.41) is 10.5. The highest BCUT2D eigenvalue weighted by atomic mass is 16.3. The van der Waals surface area contributed by atoms with Crippen LogP contribution < -0.4 is 0 Å². The minimum Gasteiger partial charge on any atom is -0.390 e. The Morgan fingerprint density at radius 2 is 1.84 bits per heavy atom. The van der Waals surface area contributed by atoms with Crippen molar-refractivity contribution >= 4 is 5.91 Å². The lowest BCUT2D eigenvalue weighted by molar-refractivity contribution is -0.0310.